The van der Waals surface area contributed by atoms with Gasteiger partial charge < -0.3 is 0 Å². The quantitative estimate of drug-likeness (QED) is 0.171. The minimum Gasteiger partial charge on any atom is -0.148 e. The van der Waals surface area contributed by atoms with Crippen molar-refractivity contribution in [1.29, 1.82) is 0 Å². The Labute approximate surface area is 245 Å². The lowest BCUT2D eigenvalue weighted by molar-refractivity contribution is 0.823. The maximum absolute atomic E-state index is 2.49. The Bertz CT molecular complexity index is 1160. The third-order valence-corrected chi connectivity index (χ3v) is 26.1. The lowest BCUT2D eigenvalue weighted by Crippen LogP contribution is -2.36. The molecule has 0 saturated carbocycles. The van der Waals surface area contributed by atoms with E-state index < -0.39 is 32.3 Å². The molecule has 0 aliphatic carbocycles. The molecule has 4 aromatic rings. The summed E-state index contributed by atoms with van der Waals surface area (Å²) in [6.45, 7) is 29.9. The summed E-state index contributed by atoms with van der Waals surface area (Å²) in [5.41, 5.74) is -0.212. The molecule has 200 valence electrons. The first-order valence-electron chi connectivity index (χ1n) is 13.3. The van der Waals surface area contributed by atoms with Crippen molar-refractivity contribution in [1.82, 2.24) is 0 Å². The van der Waals surface area contributed by atoms with Gasteiger partial charge in [-0.3, -0.25) is 0 Å². The Morgan fingerprint density at radius 3 is 0.676 bits per heavy atom. The molecule has 0 saturated heterocycles. The maximum atomic E-state index is 2.49. The summed E-state index contributed by atoms with van der Waals surface area (Å²) >= 11 is 8.39. The molecule has 0 amide bonds. The highest BCUT2D eigenvalue weighted by Gasteiger charge is 2.45. The monoisotopic (exact) mass is 632 g/mol. The SMILES string of the molecule is C[Si](C)(C)c1ccc(C(c2ccc([Si](C)(C)C)s2)(c2ccc([Si](C)(C)C)s2)c2ccc([Si](C)(C)C)s2)s1. The van der Waals surface area contributed by atoms with E-state index in [1.165, 1.54) is 19.5 Å². The van der Waals surface area contributed by atoms with Gasteiger partial charge in [-0.1, -0.05) is 103 Å². The second kappa shape index (κ2) is 9.94. The molecule has 0 N–H and O–H groups in total. The lowest BCUT2D eigenvalue weighted by Gasteiger charge is -2.31. The molecule has 8 heteroatoms. The second-order valence-electron chi connectivity index (χ2n) is 14.4. The number of hydrogen-bond donors (Lipinski definition) is 0. The van der Waals surface area contributed by atoms with Gasteiger partial charge in [0.15, 0.2) is 0 Å². The van der Waals surface area contributed by atoms with E-state index in [4.69, 9.17) is 0 Å². The maximum Gasteiger partial charge on any atom is 0.107 e. The van der Waals surface area contributed by atoms with Crippen LogP contribution in [0.1, 0.15) is 19.5 Å². The topological polar surface area (TPSA) is 0 Å². The van der Waals surface area contributed by atoms with Crippen molar-refractivity contribution < 1.29 is 0 Å². The van der Waals surface area contributed by atoms with Crippen LogP contribution >= 0.6 is 45.3 Å². The largest absolute Gasteiger partial charge is 0.148 e. The summed E-state index contributed by atoms with van der Waals surface area (Å²) in [6.07, 6.45) is 0. The molecular formula is C29H44S4Si4. The van der Waals surface area contributed by atoms with Gasteiger partial charge in [0.2, 0.25) is 0 Å². The van der Waals surface area contributed by atoms with Crippen molar-refractivity contribution in [2.75, 3.05) is 0 Å². The molecular weight excluding hydrogens is 589 g/mol. The van der Waals surface area contributed by atoms with E-state index in [1.54, 1.807) is 18.0 Å². The summed E-state index contributed by atoms with van der Waals surface area (Å²) in [4.78, 5) is 6.06. The number of rotatable bonds is 8. The third-order valence-electron chi connectivity index (χ3n) is 6.86. The van der Waals surface area contributed by atoms with Gasteiger partial charge in [0.1, 0.15) is 5.41 Å². The van der Waals surface area contributed by atoms with Gasteiger partial charge in [-0.25, -0.2) is 0 Å². The zero-order chi connectivity index (χ0) is 27.6. The van der Waals surface area contributed by atoms with Crippen LogP contribution in [0, 0.1) is 0 Å². The lowest BCUT2D eigenvalue weighted by atomic mass is 9.81. The molecule has 0 fully saturated rings. The van der Waals surface area contributed by atoms with Crippen molar-refractivity contribution in [3.8, 4) is 0 Å². The van der Waals surface area contributed by atoms with Crippen molar-refractivity contribution in [3.63, 3.8) is 0 Å². The predicted octanol–water partition coefficient (Wildman–Crippen LogP) is 8.50. The Morgan fingerprint density at radius 1 is 0.351 bits per heavy atom. The summed E-state index contributed by atoms with van der Waals surface area (Å²) in [5, 5.41) is 0. The normalized spacial score (nSPS) is 13.9. The number of thiophene rings is 4. The highest BCUT2D eigenvalue weighted by atomic mass is 32.1. The van der Waals surface area contributed by atoms with Crippen LogP contribution in [0.2, 0.25) is 78.6 Å². The minimum atomic E-state index is -1.42. The van der Waals surface area contributed by atoms with Gasteiger partial charge in [-0.05, 0) is 42.3 Å². The van der Waals surface area contributed by atoms with Crippen LogP contribution in [0.4, 0.5) is 0 Å². The zero-order valence-corrected chi connectivity index (χ0v) is 32.0. The van der Waals surface area contributed by atoms with E-state index in [2.05, 4.69) is 172 Å². The Kier molecular flexibility index (Phi) is 7.96. The fraction of sp³-hybridized carbons (Fsp3) is 0.448. The van der Waals surface area contributed by atoms with E-state index in [1.807, 2.05) is 0 Å². The molecule has 0 unspecified atom stereocenters. The van der Waals surface area contributed by atoms with Gasteiger partial charge in [0.05, 0.1) is 32.3 Å². The van der Waals surface area contributed by atoms with Gasteiger partial charge in [0, 0.05) is 19.5 Å². The number of hydrogen-bond acceptors (Lipinski definition) is 4. The van der Waals surface area contributed by atoms with E-state index in [0.717, 1.165) is 0 Å². The molecule has 0 nitrogen and oxygen atoms in total. The van der Waals surface area contributed by atoms with Crippen LogP contribution < -0.4 is 18.0 Å². The smallest absolute Gasteiger partial charge is 0.107 e. The van der Waals surface area contributed by atoms with Crippen LogP contribution in [0.15, 0.2) is 48.5 Å². The molecule has 0 spiro atoms. The summed E-state index contributed by atoms with van der Waals surface area (Å²) in [7, 11) is -5.68. The average molecular weight is 633 g/mol. The molecule has 0 aliphatic heterocycles. The predicted molar refractivity (Wildman–Crippen MR) is 188 cm³/mol. The van der Waals surface area contributed by atoms with Crippen molar-refractivity contribution in [2.45, 2.75) is 84.0 Å². The first-order chi connectivity index (χ1) is 16.8. The average Bonchev–Trinajstić information content (AvgIpc) is 3.52. The third kappa shape index (κ3) is 5.78. The van der Waals surface area contributed by atoms with Gasteiger partial charge in [-0.2, -0.15) is 0 Å². The molecule has 0 aliphatic rings. The highest BCUT2D eigenvalue weighted by Crippen LogP contribution is 2.51. The van der Waals surface area contributed by atoms with Gasteiger partial charge in [-0.15, -0.1) is 45.3 Å². The van der Waals surface area contributed by atoms with Crippen molar-refractivity contribution in [2.24, 2.45) is 0 Å². The fourth-order valence-electron chi connectivity index (χ4n) is 4.50. The summed E-state index contributed by atoms with van der Waals surface area (Å²) in [5.74, 6) is 0. The molecule has 4 aromatic heterocycles. The zero-order valence-electron chi connectivity index (χ0n) is 24.8. The minimum absolute atomic E-state index is 0.212. The van der Waals surface area contributed by atoms with Crippen LogP contribution in [0.5, 0.6) is 0 Å². The second-order valence-corrected chi connectivity index (χ2v) is 40.3. The van der Waals surface area contributed by atoms with Crippen LogP contribution in [0.3, 0.4) is 0 Å². The fourth-order valence-corrected chi connectivity index (χ4v) is 17.4. The first kappa shape index (κ1) is 29.6. The molecule has 0 radical (unpaired) electrons. The van der Waals surface area contributed by atoms with Crippen molar-refractivity contribution in [3.05, 3.63) is 68.0 Å². The molecule has 4 heterocycles. The highest BCUT2D eigenvalue weighted by molar-refractivity contribution is 7.30. The van der Waals surface area contributed by atoms with E-state index >= 15 is 0 Å². The van der Waals surface area contributed by atoms with E-state index in [0.29, 0.717) is 0 Å². The van der Waals surface area contributed by atoms with Crippen molar-refractivity contribution >= 4 is 95.6 Å². The Balaban J connectivity index is 2.11. The Morgan fingerprint density at radius 2 is 0.541 bits per heavy atom. The molecule has 0 atom stereocenters. The summed E-state index contributed by atoms with van der Waals surface area (Å²) < 4.78 is 6.44. The van der Waals surface area contributed by atoms with E-state index in [9.17, 15) is 0 Å². The van der Waals surface area contributed by atoms with E-state index in [-0.39, 0.29) is 5.41 Å². The molecule has 0 bridgehead atoms. The van der Waals surface area contributed by atoms with Gasteiger partial charge in [0.25, 0.3) is 0 Å². The Hall–Kier alpha value is -0.332. The molecule has 4 rings (SSSR count). The van der Waals surface area contributed by atoms with Crippen LogP contribution in [-0.4, -0.2) is 32.3 Å². The molecule has 37 heavy (non-hydrogen) atoms. The first-order valence-corrected chi connectivity index (χ1v) is 30.5. The standard InChI is InChI=1S/C29H44S4Si4/c1-34(2,3)25-17-13-21(30-25)29(22-14-18-26(31-22)35(4,5)6,23-15-19-27(32-23)36(7,8)9)24-16-20-28(33-24)37(10,11)12/h13-20H,1-12H3. The molecule has 0 aromatic carbocycles. The van der Waals surface area contributed by atoms with Crippen LogP contribution in [-0.2, 0) is 5.41 Å². The van der Waals surface area contributed by atoms with Gasteiger partial charge >= 0.3 is 0 Å². The van der Waals surface area contributed by atoms with Crippen LogP contribution in [0.25, 0.3) is 0 Å². The summed E-state index contributed by atoms with van der Waals surface area (Å²) in [6, 6.07) is 19.8.